The fourth-order valence-corrected chi connectivity index (χ4v) is 2.36. The molecule has 4 nitrogen and oxygen atoms in total. The van der Waals surface area contributed by atoms with Crippen molar-refractivity contribution in [2.24, 2.45) is 12.0 Å². The van der Waals surface area contributed by atoms with Crippen LogP contribution in [0.4, 0.5) is 0 Å². The maximum Gasteiger partial charge on any atom is 0.156 e. The van der Waals surface area contributed by atoms with Gasteiger partial charge in [-0.05, 0) is 0 Å². The van der Waals surface area contributed by atoms with Crippen LogP contribution >= 0.6 is 11.8 Å². The van der Waals surface area contributed by atoms with Gasteiger partial charge in [-0.3, -0.25) is 4.99 Å². The quantitative estimate of drug-likeness (QED) is 0.834. The molecule has 15 heavy (non-hydrogen) atoms. The summed E-state index contributed by atoms with van der Waals surface area (Å²) < 4.78 is 2.05. The van der Waals surface area contributed by atoms with E-state index in [-0.39, 0.29) is 0 Å². The number of aryl methyl sites for hydroxylation is 1. The van der Waals surface area contributed by atoms with Crippen molar-refractivity contribution in [1.82, 2.24) is 14.9 Å². The number of aliphatic imine (C=N–C) groups is 1. The monoisotopic (exact) mass is 224 g/mol. The van der Waals surface area contributed by atoms with Crippen molar-refractivity contribution in [3.05, 3.63) is 18.2 Å². The number of aromatic nitrogens is 2. The lowest BCUT2D eigenvalue weighted by Crippen LogP contribution is -2.23. The molecule has 1 atom stereocenters. The van der Waals surface area contributed by atoms with Crippen molar-refractivity contribution >= 4 is 16.9 Å². The zero-order chi connectivity index (χ0) is 10.7. The first-order valence-electron chi connectivity index (χ1n) is 5.17. The summed E-state index contributed by atoms with van der Waals surface area (Å²) in [7, 11) is 2.02. The highest BCUT2D eigenvalue weighted by molar-refractivity contribution is 8.14. The summed E-state index contributed by atoms with van der Waals surface area (Å²) in [6.07, 6.45) is 4.75. The predicted molar refractivity (Wildman–Crippen MR) is 64.3 cm³/mol. The minimum absolute atomic E-state index is 0.626. The van der Waals surface area contributed by atoms with E-state index >= 15 is 0 Å². The summed E-state index contributed by atoms with van der Waals surface area (Å²) in [6.45, 7) is 4.04. The molecule has 0 aliphatic carbocycles. The number of amidine groups is 1. The number of rotatable bonds is 3. The minimum Gasteiger partial charge on any atom is -0.364 e. The molecule has 1 aliphatic rings. The molecule has 5 heteroatoms. The van der Waals surface area contributed by atoms with Gasteiger partial charge in [0, 0.05) is 37.7 Å². The van der Waals surface area contributed by atoms with E-state index in [9.17, 15) is 0 Å². The Balaban J connectivity index is 1.74. The molecule has 0 aromatic carbocycles. The van der Waals surface area contributed by atoms with Crippen molar-refractivity contribution in [2.75, 3.05) is 13.1 Å². The first-order valence-corrected chi connectivity index (χ1v) is 6.05. The number of imidazole rings is 1. The van der Waals surface area contributed by atoms with Crippen molar-refractivity contribution in [2.45, 2.75) is 18.6 Å². The van der Waals surface area contributed by atoms with Gasteiger partial charge in [0.2, 0.25) is 0 Å². The normalized spacial score (nSPS) is 20.4. The molecular formula is C10H16N4S. The SMILES string of the molecule is CC1CN=C(NCCc2nccn2C)S1. The average Bonchev–Trinajstić information content (AvgIpc) is 2.77. The summed E-state index contributed by atoms with van der Waals surface area (Å²) in [4.78, 5) is 8.67. The first kappa shape index (κ1) is 10.5. The first-order chi connectivity index (χ1) is 7.25. The minimum atomic E-state index is 0.626. The highest BCUT2D eigenvalue weighted by Gasteiger charge is 2.13. The summed E-state index contributed by atoms with van der Waals surface area (Å²) >= 11 is 1.82. The van der Waals surface area contributed by atoms with Crippen LogP contribution in [0, 0.1) is 0 Å². The van der Waals surface area contributed by atoms with E-state index in [0.29, 0.717) is 5.25 Å². The van der Waals surface area contributed by atoms with E-state index in [1.165, 1.54) is 0 Å². The van der Waals surface area contributed by atoms with Crippen LogP contribution in [-0.2, 0) is 13.5 Å². The molecule has 1 N–H and O–H groups in total. The number of hydrogen-bond donors (Lipinski definition) is 1. The average molecular weight is 224 g/mol. The van der Waals surface area contributed by atoms with Crippen LogP contribution in [0.3, 0.4) is 0 Å². The van der Waals surface area contributed by atoms with E-state index in [0.717, 1.165) is 30.5 Å². The van der Waals surface area contributed by atoms with Gasteiger partial charge in [0.15, 0.2) is 5.17 Å². The zero-order valence-corrected chi connectivity index (χ0v) is 9.92. The Hall–Kier alpha value is -0.970. The Labute approximate surface area is 94.2 Å². The lowest BCUT2D eigenvalue weighted by Gasteiger charge is -2.05. The highest BCUT2D eigenvalue weighted by atomic mass is 32.2. The largest absolute Gasteiger partial charge is 0.364 e. The second-order valence-electron chi connectivity index (χ2n) is 3.71. The second-order valence-corrected chi connectivity index (χ2v) is 5.13. The van der Waals surface area contributed by atoms with Gasteiger partial charge in [-0.25, -0.2) is 4.98 Å². The maximum atomic E-state index is 4.40. The van der Waals surface area contributed by atoms with Gasteiger partial charge in [-0.15, -0.1) is 0 Å². The van der Waals surface area contributed by atoms with Crippen LogP contribution in [0.2, 0.25) is 0 Å². The van der Waals surface area contributed by atoms with Crippen LogP contribution in [0.25, 0.3) is 0 Å². The molecule has 0 amide bonds. The third kappa shape index (κ3) is 2.75. The van der Waals surface area contributed by atoms with E-state index in [2.05, 4.69) is 22.2 Å². The van der Waals surface area contributed by atoms with Crippen molar-refractivity contribution in [3.8, 4) is 0 Å². The zero-order valence-electron chi connectivity index (χ0n) is 9.10. The Kier molecular flexibility index (Phi) is 3.30. The van der Waals surface area contributed by atoms with Gasteiger partial charge in [-0.2, -0.15) is 0 Å². The Morgan fingerprint density at radius 1 is 1.67 bits per heavy atom. The third-order valence-corrected chi connectivity index (χ3v) is 3.40. The van der Waals surface area contributed by atoms with Crippen LogP contribution < -0.4 is 5.32 Å². The molecule has 0 spiro atoms. The maximum absolute atomic E-state index is 4.40. The standard InChI is InChI=1S/C10H16N4S/c1-8-7-13-10(15-8)12-4-3-9-11-5-6-14(9)2/h5-6,8H,3-4,7H2,1-2H3,(H,12,13). The summed E-state index contributed by atoms with van der Waals surface area (Å²) in [6, 6.07) is 0. The molecule has 0 saturated carbocycles. The van der Waals surface area contributed by atoms with Crippen molar-refractivity contribution in [1.29, 1.82) is 0 Å². The van der Waals surface area contributed by atoms with Crippen molar-refractivity contribution < 1.29 is 0 Å². The van der Waals surface area contributed by atoms with Gasteiger partial charge in [0.25, 0.3) is 0 Å². The van der Waals surface area contributed by atoms with Gasteiger partial charge in [0.1, 0.15) is 5.82 Å². The summed E-state index contributed by atoms with van der Waals surface area (Å²) in [5.74, 6) is 1.11. The number of hydrogen-bond acceptors (Lipinski definition) is 4. The van der Waals surface area contributed by atoms with Gasteiger partial charge in [-0.1, -0.05) is 18.7 Å². The molecule has 0 fully saturated rings. The summed E-state index contributed by atoms with van der Waals surface area (Å²) in [5.41, 5.74) is 0. The number of thioether (sulfide) groups is 1. The second kappa shape index (κ2) is 4.70. The molecule has 0 saturated heterocycles. The lowest BCUT2D eigenvalue weighted by molar-refractivity contribution is 0.751. The molecule has 82 valence electrons. The van der Waals surface area contributed by atoms with Crippen LogP contribution in [0.1, 0.15) is 12.7 Å². The molecule has 1 aromatic heterocycles. The van der Waals surface area contributed by atoms with E-state index in [1.807, 2.05) is 35.8 Å². The lowest BCUT2D eigenvalue weighted by atomic mass is 10.4. The molecule has 0 bridgehead atoms. The number of nitrogens with one attached hydrogen (secondary N) is 1. The third-order valence-electron chi connectivity index (χ3n) is 2.35. The highest BCUT2D eigenvalue weighted by Crippen LogP contribution is 2.18. The fourth-order valence-electron chi connectivity index (χ4n) is 1.49. The molecule has 1 aromatic rings. The van der Waals surface area contributed by atoms with Crippen LogP contribution in [0.15, 0.2) is 17.4 Å². The molecule has 0 radical (unpaired) electrons. The molecule has 2 heterocycles. The van der Waals surface area contributed by atoms with Crippen LogP contribution in [-0.4, -0.2) is 33.1 Å². The number of nitrogens with zero attached hydrogens (tertiary/aromatic N) is 3. The smallest absolute Gasteiger partial charge is 0.156 e. The van der Waals surface area contributed by atoms with E-state index in [1.54, 1.807) is 0 Å². The van der Waals surface area contributed by atoms with Gasteiger partial charge >= 0.3 is 0 Å². The Bertz CT molecular complexity index is 358. The predicted octanol–water partition coefficient (Wildman–Crippen LogP) is 1.04. The molecule has 1 aliphatic heterocycles. The van der Waals surface area contributed by atoms with Crippen LogP contribution in [0.5, 0.6) is 0 Å². The Morgan fingerprint density at radius 2 is 2.53 bits per heavy atom. The van der Waals surface area contributed by atoms with E-state index in [4.69, 9.17) is 0 Å². The molecule has 1 unspecified atom stereocenters. The molecule has 2 rings (SSSR count). The van der Waals surface area contributed by atoms with Gasteiger partial charge < -0.3 is 9.88 Å². The van der Waals surface area contributed by atoms with Gasteiger partial charge in [0.05, 0.1) is 6.54 Å². The fraction of sp³-hybridized carbons (Fsp3) is 0.600. The Morgan fingerprint density at radius 3 is 3.13 bits per heavy atom. The summed E-state index contributed by atoms with van der Waals surface area (Å²) in [5, 5.41) is 5.04. The molecular weight excluding hydrogens is 208 g/mol. The topological polar surface area (TPSA) is 42.2 Å². The van der Waals surface area contributed by atoms with Crippen molar-refractivity contribution in [3.63, 3.8) is 0 Å². The van der Waals surface area contributed by atoms with E-state index < -0.39 is 0 Å².